The summed E-state index contributed by atoms with van der Waals surface area (Å²) in [6.45, 7) is 10.2. The number of carbonyl (C=O) groups is 3. The molecule has 1 aliphatic carbocycles. The van der Waals surface area contributed by atoms with Crippen molar-refractivity contribution in [3.05, 3.63) is 5.01 Å². The Hall–Kier alpha value is -2.03. The summed E-state index contributed by atoms with van der Waals surface area (Å²) < 4.78 is 0. The van der Waals surface area contributed by atoms with Gasteiger partial charge >= 0.3 is 6.03 Å². The van der Waals surface area contributed by atoms with Gasteiger partial charge in [0.05, 0.1) is 0 Å². The summed E-state index contributed by atoms with van der Waals surface area (Å²) in [4.78, 5) is 39.0. The van der Waals surface area contributed by atoms with E-state index in [2.05, 4.69) is 55.4 Å². The van der Waals surface area contributed by atoms with E-state index >= 15 is 0 Å². The average molecular weight is 408 g/mol. The lowest BCUT2D eigenvalue weighted by molar-refractivity contribution is -0.136. The van der Waals surface area contributed by atoms with E-state index in [0.29, 0.717) is 29.8 Å². The van der Waals surface area contributed by atoms with Gasteiger partial charge in [-0.05, 0) is 36.5 Å². The van der Waals surface area contributed by atoms with Gasteiger partial charge in [0.25, 0.3) is 5.91 Å². The first-order valence-corrected chi connectivity index (χ1v) is 10.6. The Balaban J connectivity index is 1.66. The molecule has 0 bridgehead atoms. The van der Waals surface area contributed by atoms with Crippen LogP contribution in [0.4, 0.5) is 9.93 Å². The van der Waals surface area contributed by atoms with Crippen molar-refractivity contribution in [3.8, 4) is 0 Å². The molecule has 4 amide bonds. The first-order chi connectivity index (χ1) is 13.0. The Morgan fingerprint density at radius 2 is 2.04 bits per heavy atom. The Bertz CT molecular complexity index is 790. The topological polar surface area (TPSA) is 104 Å². The van der Waals surface area contributed by atoms with Gasteiger partial charge in [-0.3, -0.25) is 19.8 Å². The lowest BCUT2D eigenvalue weighted by atomic mass is 9.64. The normalized spacial score (nSPS) is 26.8. The van der Waals surface area contributed by atoms with Crippen LogP contribution in [0.15, 0.2) is 0 Å². The van der Waals surface area contributed by atoms with Crippen LogP contribution in [-0.2, 0) is 16.0 Å². The van der Waals surface area contributed by atoms with Gasteiger partial charge in [-0.2, -0.15) is 0 Å². The zero-order chi connectivity index (χ0) is 20.7. The summed E-state index contributed by atoms with van der Waals surface area (Å²) >= 11 is 1.31. The summed E-state index contributed by atoms with van der Waals surface area (Å²) in [5.41, 5.74) is -0.941. The molecule has 1 aromatic rings. The molecule has 28 heavy (non-hydrogen) atoms. The number of amides is 4. The monoisotopic (exact) mass is 407 g/mol. The maximum absolute atomic E-state index is 13.1. The number of hydrogen-bond acceptors (Lipinski definition) is 6. The molecule has 1 aliphatic heterocycles. The third kappa shape index (κ3) is 4.34. The Morgan fingerprint density at radius 1 is 1.32 bits per heavy atom. The molecule has 0 aromatic carbocycles. The van der Waals surface area contributed by atoms with Gasteiger partial charge in [-0.1, -0.05) is 46.0 Å². The smallest absolute Gasteiger partial charge is 0.323 e. The third-order valence-corrected chi connectivity index (χ3v) is 6.08. The molecular formula is C19H29N5O3S. The fraction of sp³-hybridized carbons (Fsp3) is 0.737. The quantitative estimate of drug-likeness (QED) is 0.731. The molecule has 2 aliphatic rings. The summed E-state index contributed by atoms with van der Waals surface area (Å²) in [5.74, 6) is 0.0178. The molecule has 0 unspecified atom stereocenters. The Labute approximate surface area is 169 Å². The van der Waals surface area contributed by atoms with Crippen molar-refractivity contribution >= 4 is 34.3 Å². The van der Waals surface area contributed by atoms with Crippen LogP contribution >= 0.6 is 11.3 Å². The van der Waals surface area contributed by atoms with Gasteiger partial charge in [-0.25, -0.2) is 4.79 Å². The van der Waals surface area contributed by atoms with Gasteiger partial charge in [-0.15, -0.1) is 10.2 Å². The minimum Gasteiger partial charge on any atom is -0.323 e. The summed E-state index contributed by atoms with van der Waals surface area (Å²) in [5, 5.41) is 14.8. The maximum Gasteiger partial charge on any atom is 0.325 e. The van der Waals surface area contributed by atoms with Crippen LogP contribution in [0.25, 0.3) is 0 Å². The molecule has 1 spiro atoms. The van der Waals surface area contributed by atoms with Crippen molar-refractivity contribution in [1.29, 1.82) is 0 Å². The maximum atomic E-state index is 13.1. The number of aromatic nitrogens is 2. The minimum atomic E-state index is -0.897. The van der Waals surface area contributed by atoms with Crippen LogP contribution in [0.1, 0.15) is 58.9 Å². The second kappa shape index (κ2) is 7.42. The number of carbonyl (C=O) groups excluding carboxylic acids is 3. The number of imide groups is 1. The number of anilines is 1. The van der Waals surface area contributed by atoms with Gasteiger partial charge in [0.15, 0.2) is 0 Å². The van der Waals surface area contributed by atoms with E-state index < -0.39 is 17.5 Å². The molecule has 1 saturated carbocycles. The van der Waals surface area contributed by atoms with E-state index in [-0.39, 0.29) is 17.9 Å². The van der Waals surface area contributed by atoms with Crippen LogP contribution in [0.3, 0.4) is 0 Å². The number of urea groups is 1. The highest BCUT2D eigenvalue weighted by atomic mass is 32.1. The van der Waals surface area contributed by atoms with Crippen LogP contribution in [0.2, 0.25) is 0 Å². The summed E-state index contributed by atoms with van der Waals surface area (Å²) in [6, 6.07) is -0.497. The zero-order valence-electron chi connectivity index (χ0n) is 17.2. The van der Waals surface area contributed by atoms with Gasteiger partial charge < -0.3 is 5.32 Å². The van der Waals surface area contributed by atoms with Crippen LogP contribution < -0.4 is 10.6 Å². The fourth-order valence-corrected chi connectivity index (χ4v) is 5.66. The molecule has 2 heterocycles. The molecule has 1 aromatic heterocycles. The molecule has 3 rings (SSSR count). The highest BCUT2D eigenvalue weighted by molar-refractivity contribution is 7.15. The van der Waals surface area contributed by atoms with Crippen molar-refractivity contribution in [2.24, 2.45) is 17.3 Å². The second-order valence-electron chi connectivity index (χ2n) is 9.41. The zero-order valence-corrected chi connectivity index (χ0v) is 18.0. The third-order valence-electron chi connectivity index (χ3n) is 5.22. The molecule has 2 N–H and O–H groups in total. The molecule has 0 radical (unpaired) electrons. The Morgan fingerprint density at radius 3 is 2.68 bits per heavy atom. The number of hydrogen-bond donors (Lipinski definition) is 2. The van der Waals surface area contributed by atoms with E-state index in [0.717, 1.165) is 22.7 Å². The molecule has 2 fully saturated rings. The van der Waals surface area contributed by atoms with E-state index in [1.54, 1.807) is 0 Å². The molecular weight excluding hydrogens is 378 g/mol. The number of rotatable bonds is 5. The van der Waals surface area contributed by atoms with Gasteiger partial charge in [0.2, 0.25) is 11.0 Å². The fourth-order valence-electron chi connectivity index (χ4n) is 4.69. The molecule has 9 heteroatoms. The lowest BCUT2D eigenvalue weighted by Gasteiger charge is -2.43. The van der Waals surface area contributed by atoms with Crippen molar-refractivity contribution in [3.63, 3.8) is 0 Å². The second-order valence-corrected chi connectivity index (χ2v) is 10.5. The van der Waals surface area contributed by atoms with Crippen molar-refractivity contribution in [2.45, 2.75) is 65.8 Å². The number of nitrogens with zero attached hydrogens (tertiary/aromatic N) is 3. The highest BCUT2D eigenvalue weighted by Gasteiger charge is 2.56. The van der Waals surface area contributed by atoms with Gasteiger partial charge in [0, 0.05) is 6.42 Å². The predicted molar refractivity (Wildman–Crippen MR) is 107 cm³/mol. The first-order valence-electron chi connectivity index (χ1n) is 9.76. The molecule has 2 atom stereocenters. The first kappa shape index (κ1) is 20.7. The van der Waals surface area contributed by atoms with Crippen molar-refractivity contribution < 1.29 is 14.4 Å². The van der Waals surface area contributed by atoms with E-state index in [4.69, 9.17) is 0 Å². The van der Waals surface area contributed by atoms with E-state index in [1.807, 2.05) is 0 Å². The summed E-state index contributed by atoms with van der Waals surface area (Å²) in [6.07, 6.45) is 2.99. The van der Waals surface area contributed by atoms with Crippen LogP contribution in [0, 0.1) is 17.3 Å². The minimum absolute atomic E-state index is 0.0434. The lowest BCUT2D eigenvalue weighted by Crippen LogP contribution is -2.54. The molecule has 154 valence electrons. The van der Waals surface area contributed by atoms with Crippen LogP contribution in [-0.4, -0.2) is 45.0 Å². The molecule has 8 nitrogen and oxygen atoms in total. The van der Waals surface area contributed by atoms with Crippen molar-refractivity contribution in [2.75, 3.05) is 11.9 Å². The molecule has 1 saturated heterocycles. The predicted octanol–water partition coefficient (Wildman–Crippen LogP) is 2.81. The Kier molecular flexibility index (Phi) is 5.49. The number of nitrogens with one attached hydrogen (secondary N) is 2. The highest BCUT2D eigenvalue weighted by Crippen LogP contribution is 2.46. The SMILES string of the molecule is CC(C)Cc1nnc(NC(=O)CN2C(=O)N[C@]3(C[C@H](C)CC(C)(C)C3)C2=O)s1. The average Bonchev–Trinajstić information content (AvgIpc) is 3.03. The summed E-state index contributed by atoms with van der Waals surface area (Å²) in [7, 11) is 0. The standard InChI is InChI=1S/C19H29N5O3S/c1-11(2)6-14-22-23-16(28-14)20-13(25)9-24-15(26)19(21-17(24)27)8-12(3)7-18(4,5)10-19/h11-12H,6-10H2,1-5H3,(H,21,27)(H,20,23,25)/t12-,19+/m1/s1. The largest absolute Gasteiger partial charge is 0.325 e. The van der Waals surface area contributed by atoms with Crippen LogP contribution in [0.5, 0.6) is 0 Å². The van der Waals surface area contributed by atoms with E-state index in [9.17, 15) is 14.4 Å². The van der Waals surface area contributed by atoms with Crippen molar-refractivity contribution in [1.82, 2.24) is 20.4 Å². The van der Waals surface area contributed by atoms with Gasteiger partial charge in [0.1, 0.15) is 17.1 Å². The van der Waals surface area contributed by atoms with E-state index in [1.165, 1.54) is 11.3 Å².